The molecule has 0 saturated heterocycles. The Morgan fingerprint density at radius 2 is 1.80 bits per heavy atom. The number of carboxylic acid groups (broad SMARTS) is 1. The average molecular weight is 272 g/mol. The van der Waals surface area contributed by atoms with Gasteiger partial charge in [-0.05, 0) is 12.1 Å². The van der Waals surface area contributed by atoms with Crippen LogP contribution in [0.5, 0.6) is 0 Å². The van der Waals surface area contributed by atoms with Crippen LogP contribution in [-0.4, -0.2) is 29.9 Å². The molecule has 0 aliphatic rings. The second-order valence-corrected chi connectivity index (χ2v) is 3.84. The number of nitrogens with one attached hydrogen (secondary N) is 1. The monoisotopic (exact) mass is 271 g/mol. The van der Waals surface area contributed by atoms with Crippen LogP contribution < -0.4 is 5.32 Å². The van der Waals surface area contributed by atoms with Crippen molar-refractivity contribution < 1.29 is 14.7 Å². The second kappa shape index (κ2) is 5.63. The van der Waals surface area contributed by atoms with E-state index >= 15 is 0 Å². The van der Waals surface area contributed by atoms with Crippen molar-refractivity contribution in [1.82, 2.24) is 5.32 Å². The summed E-state index contributed by atoms with van der Waals surface area (Å²) in [5.41, 5.74) is 0.566. The summed E-state index contributed by atoms with van der Waals surface area (Å²) in [6.07, 6.45) is 0. The van der Waals surface area contributed by atoms with Crippen LogP contribution in [0.3, 0.4) is 0 Å². The highest BCUT2D eigenvalue weighted by Crippen LogP contribution is 2.10. The number of carboxylic acids is 1. The van der Waals surface area contributed by atoms with Crippen LogP contribution in [0, 0.1) is 0 Å². The van der Waals surface area contributed by atoms with Gasteiger partial charge in [-0.15, -0.1) is 0 Å². The largest absolute Gasteiger partial charge is 0.480 e. The molecule has 1 rings (SSSR count). The third-order valence-corrected chi connectivity index (χ3v) is 2.26. The summed E-state index contributed by atoms with van der Waals surface area (Å²) >= 11 is 3.26. The number of hydrogen-bond donors (Lipinski definition) is 2. The fourth-order valence-corrected chi connectivity index (χ4v) is 1.29. The van der Waals surface area contributed by atoms with E-state index in [0.717, 1.165) is 4.47 Å². The number of benzene rings is 1. The van der Waals surface area contributed by atoms with E-state index in [9.17, 15) is 9.59 Å². The minimum atomic E-state index is -0.974. The predicted octanol–water partition coefficient (Wildman–Crippen LogP) is 1.31. The van der Waals surface area contributed by atoms with Gasteiger partial charge in [-0.3, -0.25) is 14.9 Å². The smallest absolute Gasteiger partial charge is 0.317 e. The number of ketones is 1. The molecule has 4 nitrogen and oxygen atoms in total. The minimum Gasteiger partial charge on any atom is -0.480 e. The number of halogens is 1. The van der Waals surface area contributed by atoms with Gasteiger partial charge in [0.15, 0.2) is 5.78 Å². The highest BCUT2D eigenvalue weighted by molar-refractivity contribution is 9.10. The zero-order valence-corrected chi connectivity index (χ0v) is 9.45. The van der Waals surface area contributed by atoms with Gasteiger partial charge in [0.1, 0.15) is 0 Å². The predicted molar refractivity (Wildman–Crippen MR) is 59.0 cm³/mol. The second-order valence-electron chi connectivity index (χ2n) is 2.93. The first-order chi connectivity index (χ1) is 7.09. The molecule has 0 aromatic heterocycles. The standard InChI is InChI=1S/C10H10BrNO3/c11-8-3-1-7(2-4-8)9(13)5-12-6-10(14)15/h1-4,12H,5-6H2,(H,14,15). The molecule has 5 heteroatoms. The summed E-state index contributed by atoms with van der Waals surface area (Å²) in [7, 11) is 0. The maximum Gasteiger partial charge on any atom is 0.317 e. The molecule has 0 heterocycles. The van der Waals surface area contributed by atoms with Crippen LogP contribution in [0.25, 0.3) is 0 Å². The van der Waals surface area contributed by atoms with Crippen LogP contribution in [0.2, 0.25) is 0 Å². The third-order valence-electron chi connectivity index (χ3n) is 1.73. The van der Waals surface area contributed by atoms with Crippen molar-refractivity contribution in [2.75, 3.05) is 13.1 Å². The molecule has 1 aromatic carbocycles. The van der Waals surface area contributed by atoms with Crippen molar-refractivity contribution in [2.24, 2.45) is 0 Å². The summed E-state index contributed by atoms with van der Waals surface area (Å²) in [5.74, 6) is -1.10. The molecule has 80 valence electrons. The zero-order chi connectivity index (χ0) is 11.3. The topological polar surface area (TPSA) is 66.4 Å². The van der Waals surface area contributed by atoms with E-state index in [1.54, 1.807) is 24.3 Å². The normalized spacial score (nSPS) is 9.93. The van der Waals surface area contributed by atoms with Crippen molar-refractivity contribution in [3.05, 3.63) is 34.3 Å². The number of carbonyl (C=O) groups is 2. The van der Waals surface area contributed by atoms with Gasteiger partial charge in [0.05, 0.1) is 13.1 Å². The van der Waals surface area contributed by atoms with Gasteiger partial charge in [0, 0.05) is 10.0 Å². The number of Topliss-reactive ketones (excluding diaryl/α,β-unsaturated/α-hetero) is 1. The van der Waals surface area contributed by atoms with Crippen molar-refractivity contribution in [3.63, 3.8) is 0 Å². The SMILES string of the molecule is O=C(O)CNCC(=O)c1ccc(Br)cc1. The molecule has 0 radical (unpaired) electrons. The number of hydrogen-bond acceptors (Lipinski definition) is 3. The molecule has 15 heavy (non-hydrogen) atoms. The Morgan fingerprint density at radius 1 is 1.20 bits per heavy atom. The highest BCUT2D eigenvalue weighted by Gasteiger charge is 2.05. The molecule has 0 unspecified atom stereocenters. The van der Waals surface area contributed by atoms with Gasteiger partial charge < -0.3 is 5.11 Å². The molecule has 0 spiro atoms. The summed E-state index contributed by atoms with van der Waals surface area (Å²) in [5, 5.41) is 10.9. The molecular formula is C10H10BrNO3. The average Bonchev–Trinajstić information content (AvgIpc) is 2.18. The fraction of sp³-hybridized carbons (Fsp3) is 0.200. The first-order valence-electron chi connectivity index (χ1n) is 4.31. The van der Waals surface area contributed by atoms with Crippen molar-refractivity contribution >= 4 is 27.7 Å². The molecule has 0 atom stereocenters. The van der Waals surface area contributed by atoms with Crippen LogP contribution in [0.4, 0.5) is 0 Å². The molecule has 0 saturated carbocycles. The summed E-state index contributed by atoms with van der Waals surface area (Å²) in [4.78, 5) is 21.6. The Balaban J connectivity index is 2.47. The third kappa shape index (κ3) is 4.22. The first-order valence-corrected chi connectivity index (χ1v) is 5.10. The van der Waals surface area contributed by atoms with Gasteiger partial charge in [0.2, 0.25) is 0 Å². The Hall–Kier alpha value is -1.20. The van der Waals surface area contributed by atoms with E-state index in [1.807, 2.05) is 0 Å². The maximum absolute atomic E-state index is 11.5. The van der Waals surface area contributed by atoms with E-state index in [1.165, 1.54) is 0 Å². The lowest BCUT2D eigenvalue weighted by Crippen LogP contribution is -2.28. The van der Waals surface area contributed by atoms with Crippen LogP contribution in [0.15, 0.2) is 28.7 Å². The number of aliphatic carboxylic acids is 1. The van der Waals surface area contributed by atoms with Crippen LogP contribution in [-0.2, 0) is 4.79 Å². The Kier molecular flexibility index (Phi) is 4.45. The quantitative estimate of drug-likeness (QED) is 0.793. The number of rotatable bonds is 5. The van der Waals surface area contributed by atoms with Gasteiger partial charge in [-0.25, -0.2) is 0 Å². The van der Waals surface area contributed by atoms with Crippen LogP contribution >= 0.6 is 15.9 Å². The van der Waals surface area contributed by atoms with Gasteiger partial charge in [-0.1, -0.05) is 28.1 Å². The first kappa shape index (κ1) is 11.9. The Labute approximate surface area is 95.4 Å². The van der Waals surface area contributed by atoms with Crippen LogP contribution in [0.1, 0.15) is 10.4 Å². The van der Waals surface area contributed by atoms with Gasteiger partial charge >= 0.3 is 5.97 Å². The summed E-state index contributed by atoms with van der Waals surface area (Å²) in [6.45, 7) is -0.170. The van der Waals surface area contributed by atoms with Crippen molar-refractivity contribution in [3.8, 4) is 0 Å². The van der Waals surface area contributed by atoms with Gasteiger partial charge in [0.25, 0.3) is 0 Å². The molecule has 0 amide bonds. The van der Waals surface area contributed by atoms with E-state index in [4.69, 9.17) is 5.11 Å². The lowest BCUT2D eigenvalue weighted by molar-refractivity contribution is -0.135. The summed E-state index contributed by atoms with van der Waals surface area (Å²) in [6, 6.07) is 6.92. The van der Waals surface area contributed by atoms with Crippen molar-refractivity contribution in [1.29, 1.82) is 0 Å². The van der Waals surface area contributed by atoms with Crippen molar-refractivity contribution in [2.45, 2.75) is 0 Å². The van der Waals surface area contributed by atoms with E-state index < -0.39 is 5.97 Å². The summed E-state index contributed by atoms with van der Waals surface area (Å²) < 4.78 is 0.901. The fourth-order valence-electron chi connectivity index (χ4n) is 1.02. The number of carbonyl (C=O) groups excluding carboxylic acids is 1. The van der Waals surface area contributed by atoms with Gasteiger partial charge in [-0.2, -0.15) is 0 Å². The van der Waals surface area contributed by atoms with E-state index in [2.05, 4.69) is 21.2 Å². The zero-order valence-electron chi connectivity index (χ0n) is 7.87. The lowest BCUT2D eigenvalue weighted by Gasteiger charge is -2.01. The highest BCUT2D eigenvalue weighted by atomic mass is 79.9. The molecule has 0 fully saturated rings. The lowest BCUT2D eigenvalue weighted by atomic mass is 10.1. The Bertz CT molecular complexity index is 361. The molecule has 1 aromatic rings. The maximum atomic E-state index is 11.5. The molecule has 0 bridgehead atoms. The van der Waals surface area contributed by atoms with E-state index in [-0.39, 0.29) is 18.9 Å². The molecular weight excluding hydrogens is 262 g/mol. The Morgan fingerprint density at radius 3 is 2.33 bits per heavy atom. The van der Waals surface area contributed by atoms with E-state index in [0.29, 0.717) is 5.56 Å². The molecule has 0 aliphatic heterocycles. The minimum absolute atomic E-state index is 0.0356. The molecule has 0 aliphatic carbocycles. The molecule has 2 N–H and O–H groups in total.